The Morgan fingerprint density at radius 2 is 2.06 bits per heavy atom. The lowest BCUT2D eigenvalue weighted by molar-refractivity contribution is 0.0697. The van der Waals surface area contributed by atoms with Gasteiger partial charge in [0.05, 0.1) is 16.6 Å². The molecule has 1 aromatic heterocycles. The second kappa shape index (κ2) is 3.34. The summed E-state index contributed by atoms with van der Waals surface area (Å²) in [6, 6.07) is 4.17. The second-order valence-corrected chi connectivity index (χ2v) is 3.36. The van der Waals surface area contributed by atoms with E-state index in [0.717, 1.165) is 4.57 Å². The highest BCUT2D eigenvalue weighted by Gasteiger charge is 2.08. The van der Waals surface area contributed by atoms with E-state index in [-0.39, 0.29) is 5.56 Å². The first-order valence-corrected chi connectivity index (χ1v) is 4.47. The number of benzene rings is 1. The Balaban J connectivity index is 2.94. The quantitative estimate of drug-likeness (QED) is 0.658. The Hall–Kier alpha value is -2.37. The number of nitrogens with zero attached hydrogens (tertiary/aromatic N) is 1. The number of hydrogen-bond acceptors (Lipinski definition) is 3. The van der Waals surface area contributed by atoms with Crippen LogP contribution in [0.4, 0.5) is 0 Å². The van der Waals surface area contributed by atoms with E-state index in [2.05, 4.69) is 4.98 Å². The number of aromatic amines is 1. The fraction of sp³-hybridized carbons (Fsp3) is 0.100. The molecule has 1 aromatic carbocycles. The normalized spacial score (nSPS) is 10.6. The van der Waals surface area contributed by atoms with Crippen molar-refractivity contribution in [2.75, 3.05) is 0 Å². The number of H-pyrrole nitrogens is 1. The number of aromatic nitrogens is 2. The molecule has 0 aliphatic rings. The minimum absolute atomic E-state index is 0.0644. The lowest BCUT2D eigenvalue weighted by atomic mass is 10.2. The van der Waals surface area contributed by atoms with E-state index in [9.17, 15) is 14.4 Å². The first kappa shape index (κ1) is 10.2. The highest BCUT2D eigenvalue weighted by Crippen LogP contribution is 2.10. The maximum absolute atomic E-state index is 11.3. The van der Waals surface area contributed by atoms with E-state index in [0.29, 0.717) is 11.0 Å². The fourth-order valence-corrected chi connectivity index (χ4v) is 1.49. The highest BCUT2D eigenvalue weighted by molar-refractivity contribution is 5.92. The Morgan fingerprint density at radius 1 is 1.38 bits per heavy atom. The average molecular weight is 220 g/mol. The first-order valence-electron chi connectivity index (χ1n) is 4.47. The molecule has 0 spiro atoms. The molecular formula is C10H8N2O4. The Morgan fingerprint density at radius 3 is 2.69 bits per heavy atom. The predicted molar refractivity (Wildman–Crippen MR) is 56.8 cm³/mol. The third kappa shape index (κ3) is 1.40. The molecule has 2 N–H and O–H groups in total. The number of aromatic carboxylic acids is 1. The van der Waals surface area contributed by atoms with Crippen molar-refractivity contribution in [1.29, 1.82) is 0 Å². The number of carbonyl (C=O) groups is 1. The van der Waals surface area contributed by atoms with E-state index in [1.807, 2.05) is 0 Å². The molecule has 0 unspecified atom stereocenters. The van der Waals surface area contributed by atoms with Gasteiger partial charge >= 0.3 is 17.1 Å². The molecule has 0 bridgehead atoms. The van der Waals surface area contributed by atoms with Gasteiger partial charge in [0.2, 0.25) is 0 Å². The molecule has 2 rings (SSSR count). The van der Waals surface area contributed by atoms with Gasteiger partial charge in [-0.15, -0.1) is 0 Å². The zero-order chi connectivity index (χ0) is 11.9. The molecule has 6 heteroatoms. The van der Waals surface area contributed by atoms with E-state index in [1.54, 1.807) is 0 Å². The van der Waals surface area contributed by atoms with Crippen molar-refractivity contribution in [2.45, 2.75) is 0 Å². The van der Waals surface area contributed by atoms with Gasteiger partial charge in [0.25, 0.3) is 0 Å². The van der Waals surface area contributed by atoms with Crippen molar-refractivity contribution in [2.24, 2.45) is 7.05 Å². The van der Waals surface area contributed by atoms with E-state index in [1.165, 1.54) is 25.2 Å². The van der Waals surface area contributed by atoms with Gasteiger partial charge in [0.1, 0.15) is 0 Å². The molecule has 0 saturated heterocycles. The number of aryl methyl sites for hydroxylation is 1. The monoisotopic (exact) mass is 220 g/mol. The highest BCUT2D eigenvalue weighted by atomic mass is 16.4. The van der Waals surface area contributed by atoms with E-state index in [4.69, 9.17) is 5.11 Å². The molecule has 0 atom stereocenters. The van der Waals surface area contributed by atoms with Crippen LogP contribution < -0.4 is 11.1 Å². The van der Waals surface area contributed by atoms with Crippen LogP contribution >= 0.6 is 0 Å². The van der Waals surface area contributed by atoms with E-state index >= 15 is 0 Å². The Labute approximate surface area is 88.8 Å². The molecule has 0 aliphatic carbocycles. The lowest BCUT2D eigenvalue weighted by Crippen LogP contribution is -2.34. The van der Waals surface area contributed by atoms with Crippen LogP contribution in [0, 0.1) is 0 Å². The minimum Gasteiger partial charge on any atom is -0.478 e. The van der Waals surface area contributed by atoms with Gasteiger partial charge in [-0.1, -0.05) is 0 Å². The summed E-state index contributed by atoms with van der Waals surface area (Å²) in [5, 5.41) is 8.80. The van der Waals surface area contributed by atoms with Crippen LogP contribution in [0.2, 0.25) is 0 Å². The minimum atomic E-state index is -1.08. The average Bonchev–Trinajstić information content (AvgIpc) is 2.25. The van der Waals surface area contributed by atoms with Gasteiger partial charge in [0, 0.05) is 7.05 Å². The van der Waals surface area contributed by atoms with Gasteiger partial charge in [-0.25, -0.2) is 4.79 Å². The molecule has 82 valence electrons. The number of rotatable bonds is 1. The molecule has 0 saturated carbocycles. The predicted octanol–water partition coefficient (Wildman–Crippen LogP) is -0.0750. The molecule has 16 heavy (non-hydrogen) atoms. The largest absolute Gasteiger partial charge is 0.478 e. The number of carboxylic acids is 1. The topological polar surface area (TPSA) is 92.2 Å². The zero-order valence-corrected chi connectivity index (χ0v) is 8.35. The maximum atomic E-state index is 11.3. The van der Waals surface area contributed by atoms with Crippen LogP contribution in [-0.2, 0) is 7.05 Å². The molecular weight excluding hydrogens is 212 g/mol. The molecule has 0 amide bonds. The van der Waals surface area contributed by atoms with Crippen LogP contribution in [-0.4, -0.2) is 20.6 Å². The fourth-order valence-electron chi connectivity index (χ4n) is 1.49. The number of fused-ring (bicyclic) bond motifs is 1. The van der Waals surface area contributed by atoms with Crippen LogP contribution in [0.15, 0.2) is 27.8 Å². The van der Waals surface area contributed by atoms with Gasteiger partial charge in [0.15, 0.2) is 0 Å². The van der Waals surface area contributed by atoms with Gasteiger partial charge in [-0.2, -0.15) is 0 Å². The van der Waals surface area contributed by atoms with Crippen LogP contribution in [0.3, 0.4) is 0 Å². The maximum Gasteiger partial charge on any atom is 0.335 e. The van der Waals surface area contributed by atoms with Crippen molar-refractivity contribution in [3.63, 3.8) is 0 Å². The van der Waals surface area contributed by atoms with Gasteiger partial charge in [-0.05, 0) is 18.2 Å². The summed E-state index contributed by atoms with van der Waals surface area (Å²) in [7, 11) is 1.42. The summed E-state index contributed by atoms with van der Waals surface area (Å²) in [6.45, 7) is 0. The molecule has 0 aliphatic heterocycles. The molecule has 1 heterocycles. The number of hydrogen-bond donors (Lipinski definition) is 2. The van der Waals surface area contributed by atoms with Crippen LogP contribution in [0.5, 0.6) is 0 Å². The molecule has 2 aromatic rings. The molecule has 0 fully saturated rings. The Bertz CT molecular complexity index is 696. The summed E-state index contributed by atoms with van der Waals surface area (Å²) in [5.41, 5.74) is -0.565. The van der Waals surface area contributed by atoms with Crippen LogP contribution in [0.1, 0.15) is 10.4 Å². The summed E-state index contributed by atoms with van der Waals surface area (Å²) in [6.07, 6.45) is 0. The van der Waals surface area contributed by atoms with Crippen molar-refractivity contribution < 1.29 is 9.90 Å². The first-order chi connectivity index (χ1) is 7.50. The third-order valence-corrected chi connectivity index (χ3v) is 2.35. The van der Waals surface area contributed by atoms with Crippen molar-refractivity contribution in [3.05, 3.63) is 44.5 Å². The SMILES string of the molecule is Cn1c(=O)c(=O)[nH]c2ccc(C(=O)O)cc21. The summed E-state index contributed by atoms with van der Waals surface area (Å²) in [4.78, 5) is 35.6. The van der Waals surface area contributed by atoms with Crippen LogP contribution in [0.25, 0.3) is 11.0 Å². The molecule has 0 radical (unpaired) electrons. The standard InChI is InChI=1S/C10H8N2O4/c1-12-7-4-5(10(15)16)2-3-6(7)11-8(13)9(12)14/h2-4H,1H3,(H,11,13)(H,15,16). The van der Waals surface area contributed by atoms with Gasteiger partial charge in [-0.3, -0.25) is 9.59 Å². The van der Waals surface area contributed by atoms with Crippen molar-refractivity contribution >= 4 is 17.0 Å². The molecule has 6 nitrogen and oxygen atoms in total. The lowest BCUT2D eigenvalue weighted by Gasteiger charge is -2.04. The number of nitrogens with one attached hydrogen (secondary N) is 1. The summed E-state index contributed by atoms with van der Waals surface area (Å²) >= 11 is 0. The third-order valence-electron chi connectivity index (χ3n) is 2.35. The summed E-state index contributed by atoms with van der Waals surface area (Å²) < 4.78 is 1.13. The van der Waals surface area contributed by atoms with Gasteiger partial charge < -0.3 is 14.7 Å². The zero-order valence-electron chi connectivity index (χ0n) is 8.35. The smallest absolute Gasteiger partial charge is 0.335 e. The second-order valence-electron chi connectivity index (χ2n) is 3.36. The number of carboxylic acid groups (broad SMARTS) is 1. The Kier molecular flexibility index (Phi) is 2.12. The van der Waals surface area contributed by atoms with Crippen molar-refractivity contribution in [3.8, 4) is 0 Å². The van der Waals surface area contributed by atoms with Crippen molar-refractivity contribution in [1.82, 2.24) is 9.55 Å². The van der Waals surface area contributed by atoms with E-state index < -0.39 is 17.1 Å². The summed E-state index contributed by atoms with van der Waals surface area (Å²) in [5.74, 6) is -1.08.